The van der Waals surface area contributed by atoms with Crippen LogP contribution in [0.3, 0.4) is 0 Å². The van der Waals surface area contributed by atoms with Crippen molar-refractivity contribution in [2.75, 3.05) is 39.4 Å². The lowest BCUT2D eigenvalue weighted by Gasteiger charge is -2.33. The van der Waals surface area contributed by atoms with Gasteiger partial charge in [-0.1, -0.05) is 26.2 Å². The molecule has 0 bridgehead atoms. The molecule has 106 valence electrons. The highest BCUT2D eigenvalue weighted by Gasteiger charge is 2.19. The minimum atomic E-state index is 0.759. The molecule has 0 amide bonds. The number of hydrogen-bond acceptors (Lipinski definition) is 3. The molecule has 1 N–H and O–H groups in total. The van der Waals surface area contributed by atoms with Crippen LogP contribution >= 0.6 is 0 Å². The summed E-state index contributed by atoms with van der Waals surface area (Å²) in [5.41, 5.74) is 0. The van der Waals surface area contributed by atoms with Gasteiger partial charge in [0.15, 0.2) is 0 Å². The molecule has 1 aliphatic heterocycles. The van der Waals surface area contributed by atoms with E-state index in [0.717, 1.165) is 38.3 Å². The minimum Gasteiger partial charge on any atom is -0.381 e. The lowest BCUT2D eigenvalue weighted by atomic mass is 9.94. The number of hydrogen-bond donors (Lipinski definition) is 1. The van der Waals surface area contributed by atoms with Gasteiger partial charge in [0.1, 0.15) is 0 Å². The van der Waals surface area contributed by atoms with Gasteiger partial charge in [0.2, 0.25) is 0 Å². The zero-order chi connectivity index (χ0) is 12.6. The zero-order valence-electron chi connectivity index (χ0n) is 12.0. The Hall–Kier alpha value is -0.120. The molecular formula is C15H30N2O. The average molecular weight is 254 g/mol. The van der Waals surface area contributed by atoms with Crippen molar-refractivity contribution in [2.45, 2.75) is 51.5 Å². The average Bonchev–Trinajstić information content (AvgIpc) is 2.93. The smallest absolute Gasteiger partial charge is 0.0507 e. The molecule has 1 aliphatic carbocycles. The third-order valence-corrected chi connectivity index (χ3v) is 4.53. The molecule has 3 nitrogen and oxygen atoms in total. The second-order valence-electron chi connectivity index (χ2n) is 5.85. The molecule has 1 saturated carbocycles. The summed E-state index contributed by atoms with van der Waals surface area (Å²) < 4.78 is 5.40. The highest BCUT2D eigenvalue weighted by atomic mass is 16.5. The SMILES string of the molecule is CCN(CCNCC1CCOC1)C1CCCCC1. The minimum absolute atomic E-state index is 0.759. The van der Waals surface area contributed by atoms with Crippen molar-refractivity contribution < 1.29 is 4.74 Å². The Morgan fingerprint density at radius 1 is 1.17 bits per heavy atom. The molecule has 1 atom stereocenters. The molecule has 2 aliphatic rings. The number of nitrogens with one attached hydrogen (secondary N) is 1. The summed E-state index contributed by atoms with van der Waals surface area (Å²) in [6, 6.07) is 0.861. The molecule has 1 unspecified atom stereocenters. The maximum atomic E-state index is 5.40. The third-order valence-electron chi connectivity index (χ3n) is 4.53. The van der Waals surface area contributed by atoms with Crippen molar-refractivity contribution in [3.05, 3.63) is 0 Å². The summed E-state index contributed by atoms with van der Waals surface area (Å²) in [6.07, 6.45) is 8.41. The van der Waals surface area contributed by atoms with Crippen LogP contribution in [0.15, 0.2) is 0 Å². The van der Waals surface area contributed by atoms with E-state index in [1.807, 2.05) is 0 Å². The van der Waals surface area contributed by atoms with Crippen LogP contribution in [0, 0.1) is 5.92 Å². The van der Waals surface area contributed by atoms with E-state index in [4.69, 9.17) is 4.74 Å². The van der Waals surface area contributed by atoms with Crippen LogP contribution in [0.4, 0.5) is 0 Å². The molecule has 0 aromatic heterocycles. The van der Waals surface area contributed by atoms with E-state index in [1.165, 1.54) is 51.6 Å². The number of ether oxygens (including phenoxy) is 1. The van der Waals surface area contributed by atoms with Crippen LogP contribution in [-0.4, -0.2) is 50.3 Å². The van der Waals surface area contributed by atoms with Gasteiger partial charge in [0.05, 0.1) is 6.61 Å². The van der Waals surface area contributed by atoms with Crippen LogP contribution < -0.4 is 5.32 Å². The van der Waals surface area contributed by atoms with Gasteiger partial charge < -0.3 is 10.1 Å². The summed E-state index contributed by atoms with van der Waals surface area (Å²) in [5.74, 6) is 0.759. The van der Waals surface area contributed by atoms with Gasteiger partial charge in [0.25, 0.3) is 0 Å². The Kier molecular flexibility index (Phi) is 6.46. The fourth-order valence-corrected chi connectivity index (χ4v) is 3.32. The molecule has 0 aromatic carbocycles. The van der Waals surface area contributed by atoms with E-state index in [-0.39, 0.29) is 0 Å². The second kappa shape index (κ2) is 8.13. The normalized spacial score (nSPS) is 26.0. The number of rotatable bonds is 7. The Morgan fingerprint density at radius 3 is 2.67 bits per heavy atom. The molecule has 2 rings (SSSR count). The molecule has 2 fully saturated rings. The number of nitrogens with zero attached hydrogens (tertiary/aromatic N) is 1. The van der Waals surface area contributed by atoms with Gasteiger partial charge in [-0.15, -0.1) is 0 Å². The van der Waals surface area contributed by atoms with Crippen LogP contribution in [0.1, 0.15) is 45.4 Å². The number of likely N-dealkylation sites (N-methyl/N-ethyl adjacent to an activating group) is 1. The zero-order valence-corrected chi connectivity index (χ0v) is 12.0. The van der Waals surface area contributed by atoms with E-state index in [1.54, 1.807) is 0 Å². The first-order valence-corrected chi connectivity index (χ1v) is 7.92. The molecule has 1 heterocycles. The van der Waals surface area contributed by atoms with Crippen molar-refractivity contribution in [1.29, 1.82) is 0 Å². The van der Waals surface area contributed by atoms with Gasteiger partial charge in [-0.25, -0.2) is 0 Å². The topological polar surface area (TPSA) is 24.5 Å². The van der Waals surface area contributed by atoms with E-state index < -0.39 is 0 Å². The summed E-state index contributed by atoms with van der Waals surface area (Å²) in [4.78, 5) is 2.68. The predicted molar refractivity (Wildman–Crippen MR) is 75.9 cm³/mol. The molecular weight excluding hydrogens is 224 g/mol. The molecule has 18 heavy (non-hydrogen) atoms. The van der Waals surface area contributed by atoms with Gasteiger partial charge in [-0.05, 0) is 31.7 Å². The van der Waals surface area contributed by atoms with E-state index in [0.29, 0.717) is 0 Å². The molecule has 3 heteroatoms. The maximum Gasteiger partial charge on any atom is 0.0507 e. The van der Waals surface area contributed by atoms with Crippen molar-refractivity contribution in [2.24, 2.45) is 5.92 Å². The van der Waals surface area contributed by atoms with Crippen LogP contribution in [-0.2, 0) is 4.74 Å². The molecule has 1 saturated heterocycles. The van der Waals surface area contributed by atoms with Crippen molar-refractivity contribution in [3.8, 4) is 0 Å². The molecule has 0 aromatic rings. The lowest BCUT2D eigenvalue weighted by Crippen LogP contribution is -2.41. The van der Waals surface area contributed by atoms with Crippen LogP contribution in [0.5, 0.6) is 0 Å². The first-order valence-electron chi connectivity index (χ1n) is 7.92. The highest BCUT2D eigenvalue weighted by molar-refractivity contribution is 4.76. The Balaban J connectivity index is 1.57. The second-order valence-corrected chi connectivity index (χ2v) is 5.85. The van der Waals surface area contributed by atoms with Crippen LogP contribution in [0.2, 0.25) is 0 Å². The maximum absolute atomic E-state index is 5.40. The lowest BCUT2D eigenvalue weighted by molar-refractivity contribution is 0.162. The van der Waals surface area contributed by atoms with E-state index in [9.17, 15) is 0 Å². The van der Waals surface area contributed by atoms with E-state index >= 15 is 0 Å². The fourth-order valence-electron chi connectivity index (χ4n) is 3.32. The Morgan fingerprint density at radius 2 is 2.00 bits per heavy atom. The molecule has 0 spiro atoms. The Labute approximate surface area is 112 Å². The summed E-state index contributed by atoms with van der Waals surface area (Å²) in [7, 11) is 0. The summed E-state index contributed by atoms with van der Waals surface area (Å²) >= 11 is 0. The first-order chi connectivity index (χ1) is 8.90. The monoisotopic (exact) mass is 254 g/mol. The first kappa shape index (κ1) is 14.3. The fraction of sp³-hybridized carbons (Fsp3) is 1.00. The van der Waals surface area contributed by atoms with Crippen molar-refractivity contribution in [3.63, 3.8) is 0 Å². The van der Waals surface area contributed by atoms with Crippen molar-refractivity contribution in [1.82, 2.24) is 10.2 Å². The van der Waals surface area contributed by atoms with Crippen molar-refractivity contribution >= 4 is 0 Å². The van der Waals surface area contributed by atoms with Gasteiger partial charge >= 0.3 is 0 Å². The summed E-state index contributed by atoms with van der Waals surface area (Å²) in [6.45, 7) is 8.94. The van der Waals surface area contributed by atoms with E-state index in [2.05, 4.69) is 17.1 Å². The highest BCUT2D eigenvalue weighted by Crippen LogP contribution is 2.22. The van der Waals surface area contributed by atoms with Gasteiger partial charge in [-0.3, -0.25) is 4.90 Å². The Bertz CT molecular complexity index is 211. The quantitative estimate of drug-likeness (QED) is 0.705. The standard InChI is InChI=1S/C15H30N2O/c1-2-17(15-6-4-3-5-7-15)10-9-16-12-14-8-11-18-13-14/h14-16H,2-13H2,1H3. The van der Waals surface area contributed by atoms with Gasteiger partial charge in [-0.2, -0.15) is 0 Å². The van der Waals surface area contributed by atoms with Crippen LogP contribution in [0.25, 0.3) is 0 Å². The van der Waals surface area contributed by atoms with Gasteiger partial charge in [0, 0.05) is 32.3 Å². The largest absolute Gasteiger partial charge is 0.381 e. The summed E-state index contributed by atoms with van der Waals surface area (Å²) in [5, 5.41) is 3.61. The molecule has 0 radical (unpaired) electrons. The third kappa shape index (κ3) is 4.52. The predicted octanol–water partition coefficient (Wildman–Crippen LogP) is 2.27.